The molecule has 0 fully saturated rings. The molecule has 0 aliphatic heterocycles. The second-order valence-corrected chi connectivity index (χ2v) is 4.31. The van der Waals surface area contributed by atoms with Crippen molar-refractivity contribution in [1.29, 1.82) is 0 Å². The topological polar surface area (TPSA) is 33.1 Å². The summed E-state index contributed by atoms with van der Waals surface area (Å²) in [4.78, 5) is 4.97. The third-order valence-electron chi connectivity index (χ3n) is 2.03. The van der Waals surface area contributed by atoms with Gasteiger partial charge in [-0.2, -0.15) is 0 Å². The highest BCUT2D eigenvalue weighted by atomic mass is 32.2. The minimum Gasteiger partial charge on any atom is -0.392 e. The Labute approximate surface area is 97.2 Å². The number of benzene rings is 1. The molecular weight excluding hydrogens is 225 g/mol. The summed E-state index contributed by atoms with van der Waals surface area (Å²) in [7, 11) is 0. The number of aromatic nitrogens is 1. The molecule has 0 aliphatic rings. The predicted molar refractivity (Wildman–Crippen MR) is 60.7 cm³/mol. The van der Waals surface area contributed by atoms with E-state index in [1.165, 1.54) is 24.0 Å². The Kier molecular flexibility index (Phi) is 3.54. The molecule has 2 nitrogen and oxygen atoms in total. The van der Waals surface area contributed by atoms with Crippen LogP contribution in [0.25, 0.3) is 0 Å². The number of hydrogen-bond donors (Lipinski definition) is 1. The highest BCUT2D eigenvalue weighted by Crippen LogP contribution is 2.25. The van der Waals surface area contributed by atoms with Gasteiger partial charge in [0, 0.05) is 4.90 Å². The van der Waals surface area contributed by atoms with Crippen molar-refractivity contribution in [3.05, 3.63) is 54.0 Å². The van der Waals surface area contributed by atoms with E-state index in [-0.39, 0.29) is 12.4 Å². The standard InChI is InChI=1S/C12H10FNOS/c13-10-3-6-12(14-7-10)16-11-4-1-9(8-15)2-5-11/h1-7,15H,8H2. The summed E-state index contributed by atoms with van der Waals surface area (Å²) in [6.45, 7) is 0.0414. The van der Waals surface area contributed by atoms with Crippen LogP contribution in [0.3, 0.4) is 0 Å². The largest absolute Gasteiger partial charge is 0.392 e. The first-order valence-corrected chi connectivity index (χ1v) is 5.59. The fourth-order valence-corrected chi connectivity index (χ4v) is 1.96. The van der Waals surface area contributed by atoms with Crippen LogP contribution in [0.1, 0.15) is 5.56 Å². The lowest BCUT2D eigenvalue weighted by Gasteiger charge is -2.01. The molecule has 1 heterocycles. The van der Waals surface area contributed by atoms with Crippen LogP contribution in [0.15, 0.2) is 52.5 Å². The van der Waals surface area contributed by atoms with Crippen LogP contribution in [-0.2, 0) is 6.61 Å². The Hall–Kier alpha value is -1.39. The smallest absolute Gasteiger partial charge is 0.141 e. The third kappa shape index (κ3) is 2.81. The first-order valence-electron chi connectivity index (χ1n) is 4.77. The van der Waals surface area contributed by atoms with Crippen molar-refractivity contribution in [2.24, 2.45) is 0 Å². The number of nitrogens with zero attached hydrogens (tertiary/aromatic N) is 1. The molecule has 1 aromatic carbocycles. The van der Waals surface area contributed by atoms with E-state index < -0.39 is 0 Å². The fourth-order valence-electron chi connectivity index (χ4n) is 1.21. The maximum absolute atomic E-state index is 12.6. The molecule has 0 radical (unpaired) electrons. The molecule has 0 atom stereocenters. The second kappa shape index (κ2) is 5.09. The van der Waals surface area contributed by atoms with Crippen LogP contribution in [0.2, 0.25) is 0 Å². The van der Waals surface area contributed by atoms with Gasteiger partial charge in [0.15, 0.2) is 0 Å². The highest BCUT2D eigenvalue weighted by molar-refractivity contribution is 7.99. The Balaban J connectivity index is 2.11. The fraction of sp³-hybridized carbons (Fsp3) is 0.0833. The molecule has 1 N–H and O–H groups in total. The molecule has 0 bridgehead atoms. The molecule has 0 saturated carbocycles. The highest BCUT2D eigenvalue weighted by Gasteiger charge is 1.99. The zero-order valence-corrected chi connectivity index (χ0v) is 9.25. The van der Waals surface area contributed by atoms with Crippen molar-refractivity contribution >= 4 is 11.8 Å². The molecule has 4 heteroatoms. The number of rotatable bonds is 3. The summed E-state index contributed by atoms with van der Waals surface area (Å²) in [6, 6.07) is 10.5. The van der Waals surface area contributed by atoms with Crippen molar-refractivity contribution < 1.29 is 9.50 Å². The lowest BCUT2D eigenvalue weighted by molar-refractivity contribution is 0.282. The first-order chi connectivity index (χ1) is 7.78. The molecule has 0 aliphatic carbocycles. The minimum atomic E-state index is -0.333. The van der Waals surface area contributed by atoms with Crippen LogP contribution >= 0.6 is 11.8 Å². The lowest BCUT2D eigenvalue weighted by Crippen LogP contribution is -1.83. The van der Waals surface area contributed by atoms with Crippen molar-refractivity contribution in [3.8, 4) is 0 Å². The summed E-state index contributed by atoms with van der Waals surface area (Å²) in [5.41, 5.74) is 0.872. The van der Waals surface area contributed by atoms with E-state index in [1.807, 2.05) is 24.3 Å². The van der Waals surface area contributed by atoms with Gasteiger partial charge in [-0.25, -0.2) is 9.37 Å². The number of aliphatic hydroxyl groups is 1. The van der Waals surface area contributed by atoms with E-state index >= 15 is 0 Å². The molecule has 0 spiro atoms. The predicted octanol–water partition coefficient (Wildman–Crippen LogP) is 2.86. The van der Waals surface area contributed by atoms with E-state index in [9.17, 15) is 4.39 Å². The normalized spacial score (nSPS) is 10.4. The van der Waals surface area contributed by atoms with Crippen LogP contribution in [0, 0.1) is 5.82 Å². The molecule has 0 saturated heterocycles. The maximum atomic E-state index is 12.6. The zero-order valence-electron chi connectivity index (χ0n) is 8.43. The van der Waals surface area contributed by atoms with Crippen molar-refractivity contribution in [2.45, 2.75) is 16.5 Å². The third-order valence-corrected chi connectivity index (χ3v) is 2.99. The SMILES string of the molecule is OCc1ccc(Sc2ccc(F)cn2)cc1. The molecule has 0 amide bonds. The summed E-state index contributed by atoms with van der Waals surface area (Å²) in [5.74, 6) is -0.333. The van der Waals surface area contributed by atoms with Gasteiger partial charge in [0.05, 0.1) is 12.8 Å². The van der Waals surface area contributed by atoms with Gasteiger partial charge in [0.1, 0.15) is 10.8 Å². The number of hydrogen-bond acceptors (Lipinski definition) is 3. The summed E-state index contributed by atoms with van der Waals surface area (Å²) in [5, 5.41) is 9.64. The van der Waals surface area contributed by atoms with E-state index in [0.717, 1.165) is 15.5 Å². The molecule has 0 unspecified atom stereocenters. The van der Waals surface area contributed by atoms with Gasteiger partial charge in [-0.05, 0) is 29.8 Å². The van der Waals surface area contributed by atoms with E-state index in [4.69, 9.17) is 5.11 Å². The average molecular weight is 235 g/mol. The Bertz CT molecular complexity index is 455. The van der Waals surface area contributed by atoms with Gasteiger partial charge in [-0.1, -0.05) is 23.9 Å². The maximum Gasteiger partial charge on any atom is 0.141 e. The molecule has 16 heavy (non-hydrogen) atoms. The summed E-state index contributed by atoms with van der Waals surface area (Å²) < 4.78 is 12.6. The zero-order chi connectivity index (χ0) is 11.4. The second-order valence-electron chi connectivity index (χ2n) is 3.22. The van der Waals surface area contributed by atoms with Crippen molar-refractivity contribution in [2.75, 3.05) is 0 Å². The molecule has 2 aromatic rings. The van der Waals surface area contributed by atoms with E-state index in [0.29, 0.717) is 0 Å². The van der Waals surface area contributed by atoms with Crippen LogP contribution in [0.5, 0.6) is 0 Å². The van der Waals surface area contributed by atoms with Gasteiger partial charge in [-0.15, -0.1) is 0 Å². The van der Waals surface area contributed by atoms with Gasteiger partial charge < -0.3 is 5.11 Å². The van der Waals surface area contributed by atoms with E-state index in [2.05, 4.69) is 4.98 Å². The van der Waals surface area contributed by atoms with E-state index in [1.54, 1.807) is 6.07 Å². The quantitative estimate of drug-likeness (QED) is 0.888. The van der Waals surface area contributed by atoms with Crippen LogP contribution in [0.4, 0.5) is 4.39 Å². The molecule has 1 aromatic heterocycles. The Morgan fingerprint density at radius 3 is 2.44 bits per heavy atom. The number of aliphatic hydroxyl groups excluding tert-OH is 1. The Morgan fingerprint density at radius 2 is 1.88 bits per heavy atom. The lowest BCUT2D eigenvalue weighted by atomic mass is 10.2. The summed E-state index contributed by atoms with van der Waals surface area (Å²) >= 11 is 1.46. The van der Waals surface area contributed by atoms with Crippen LogP contribution in [-0.4, -0.2) is 10.1 Å². The Morgan fingerprint density at radius 1 is 1.12 bits per heavy atom. The van der Waals surface area contributed by atoms with Crippen molar-refractivity contribution in [1.82, 2.24) is 4.98 Å². The molecular formula is C12H10FNOS. The molecule has 82 valence electrons. The van der Waals surface area contributed by atoms with Gasteiger partial charge in [0.25, 0.3) is 0 Å². The summed E-state index contributed by atoms with van der Waals surface area (Å²) in [6.07, 6.45) is 1.20. The average Bonchev–Trinajstić information content (AvgIpc) is 2.33. The van der Waals surface area contributed by atoms with Crippen molar-refractivity contribution in [3.63, 3.8) is 0 Å². The first kappa shape index (κ1) is 11.1. The number of halogens is 1. The van der Waals surface area contributed by atoms with Gasteiger partial charge in [-0.3, -0.25) is 0 Å². The molecule has 2 rings (SSSR count). The van der Waals surface area contributed by atoms with Gasteiger partial charge in [0.2, 0.25) is 0 Å². The monoisotopic (exact) mass is 235 g/mol. The van der Waals surface area contributed by atoms with Gasteiger partial charge >= 0.3 is 0 Å². The van der Waals surface area contributed by atoms with Crippen LogP contribution < -0.4 is 0 Å². The number of pyridine rings is 1. The minimum absolute atomic E-state index is 0.0414.